The number of hydrogen-bond donors (Lipinski definition) is 1. The lowest BCUT2D eigenvalue weighted by Crippen LogP contribution is -2.43. The molecular formula is C15H18N2O4. The predicted octanol–water partition coefficient (Wildman–Crippen LogP) is 1.08. The Morgan fingerprint density at radius 3 is 2.19 bits per heavy atom. The van der Waals surface area contributed by atoms with E-state index in [1.54, 1.807) is 43.1 Å². The summed E-state index contributed by atoms with van der Waals surface area (Å²) in [5.74, 6) is -1.53. The standard InChI is InChI=1S/C15H18N2O4/c1-3-12(15(20)21)16(2)8-9-17-13(18)10-6-4-5-7-11(10)14(17)19/h4-7,12H,3,8-9H2,1-2H3,(H,20,21). The van der Waals surface area contributed by atoms with Gasteiger partial charge in [-0.25, -0.2) is 0 Å². The minimum atomic E-state index is -0.901. The first-order valence-corrected chi connectivity index (χ1v) is 6.85. The Balaban J connectivity index is 2.04. The van der Waals surface area contributed by atoms with Gasteiger partial charge in [0, 0.05) is 13.1 Å². The zero-order valence-electron chi connectivity index (χ0n) is 12.1. The number of benzene rings is 1. The average Bonchev–Trinajstić information content (AvgIpc) is 2.70. The van der Waals surface area contributed by atoms with Crippen molar-refractivity contribution in [2.75, 3.05) is 20.1 Å². The van der Waals surface area contributed by atoms with Crippen LogP contribution in [0.4, 0.5) is 0 Å². The lowest BCUT2D eigenvalue weighted by molar-refractivity contribution is -0.142. The molecule has 21 heavy (non-hydrogen) atoms. The summed E-state index contributed by atoms with van der Waals surface area (Å²) in [6, 6.07) is 6.09. The van der Waals surface area contributed by atoms with Crippen LogP contribution in [0.3, 0.4) is 0 Å². The third-order valence-corrected chi connectivity index (χ3v) is 3.76. The highest BCUT2D eigenvalue weighted by Gasteiger charge is 2.35. The van der Waals surface area contributed by atoms with E-state index in [-0.39, 0.29) is 18.4 Å². The quantitative estimate of drug-likeness (QED) is 0.793. The molecule has 1 aliphatic heterocycles. The van der Waals surface area contributed by atoms with Gasteiger partial charge in [-0.1, -0.05) is 19.1 Å². The Morgan fingerprint density at radius 2 is 1.76 bits per heavy atom. The molecule has 1 atom stereocenters. The van der Waals surface area contributed by atoms with Gasteiger partial charge in [-0.2, -0.15) is 0 Å². The molecule has 0 spiro atoms. The number of carbonyl (C=O) groups is 3. The Morgan fingerprint density at radius 1 is 1.24 bits per heavy atom. The number of fused-ring (bicyclic) bond motifs is 1. The molecule has 1 aromatic carbocycles. The van der Waals surface area contributed by atoms with Gasteiger partial charge < -0.3 is 5.11 Å². The van der Waals surface area contributed by atoms with E-state index in [0.717, 1.165) is 0 Å². The van der Waals surface area contributed by atoms with E-state index < -0.39 is 12.0 Å². The van der Waals surface area contributed by atoms with Gasteiger partial charge in [-0.05, 0) is 25.6 Å². The molecule has 6 nitrogen and oxygen atoms in total. The number of nitrogens with zero attached hydrogens (tertiary/aromatic N) is 2. The van der Waals surface area contributed by atoms with E-state index in [1.807, 2.05) is 0 Å². The Labute approximate surface area is 123 Å². The number of carbonyl (C=O) groups excluding carboxylic acids is 2. The first kappa shape index (κ1) is 15.2. The fourth-order valence-electron chi connectivity index (χ4n) is 2.53. The van der Waals surface area contributed by atoms with Crippen molar-refractivity contribution in [2.24, 2.45) is 0 Å². The van der Waals surface area contributed by atoms with Gasteiger partial charge >= 0.3 is 5.97 Å². The fourth-order valence-corrected chi connectivity index (χ4v) is 2.53. The maximum absolute atomic E-state index is 12.2. The molecule has 1 aromatic rings. The molecular weight excluding hydrogens is 272 g/mol. The van der Waals surface area contributed by atoms with Crippen LogP contribution in [0.2, 0.25) is 0 Å². The summed E-state index contributed by atoms with van der Waals surface area (Å²) in [6.45, 7) is 2.31. The van der Waals surface area contributed by atoms with Crippen molar-refractivity contribution in [1.29, 1.82) is 0 Å². The zero-order valence-corrected chi connectivity index (χ0v) is 12.1. The highest BCUT2D eigenvalue weighted by atomic mass is 16.4. The van der Waals surface area contributed by atoms with Gasteiger partial charge in [0.25, 0.3) is 11.8 Å². The van der Waals surface area contributed by atoms with Crippen LogP contribution in [0.15, 0.2) is 24.3 Å². The summed E-state index contributed by atoms with van der Waals surface area (Å²) in [5, 5.41) is 9.09. The van der Waals surface area contributed by atoms with Crippen molar-refractivity contribution < 1.29 is 19.5 Å². The van der Waals surface area contributed by atoms with E-state index in [9.17, 15) is 14.4 Å². The van der Waals surface area contributed by atoms with E-state index in [4.69, 9.17) is 5.11 Å². The molecule has 1 aliphatic rings. The number of rotatable bonds is 6. The van der Waals surface area contributed by atoms with Crippen molar-refractivity contribution in [1.82, 2.24) is 9.80 Å². The zero-order chi connectivity index (χ0) is 15.6. The van der Waals surface area contributed by atoms with Crippen LogP contribution in [0.25, 0.3) is 0 Å². The second kappa shape index (κ2) is 6.05. The van der Waals surface area contributed by atoms with Crippen LogP contribution in [0.5, 0.6) is 0 Å². The average molecular weight is 290 g/mol. The van der Waals surface area contributed by atoms with E-state index >= 15 is 0 Å². The molecule has 2 rings (SSSR count). The molecule has 0 radical (unpaired) electrons. The second-order valence-electron chi connectivity index (χ2n) is 5.05. The molecule has 0 fully saturated rings. The van der Waals surface area contributed by atoms with Crippen molar-refractivity contribution in [3.05, 3.63) is 35.4 Å². The number of amides is 2. The third-order valence-electron chi connectivity index (χ3n) is 3.76. The Kier molecular flexibility index (Phi) is 4.37. The van der Waals surface area contributed by atoms with Crippen LogP contribution in [-0.4, -0.2) is 58.9 Å². The topological polar surface area (TPSA) is 77.9 Å². The van der Waals surface area contributed by atoms with E-state index in [1.165, 1.54) is 4.90 Å². The summed E-state index contributed by atoms with van der Waals surface area (Å²) in [7, 11) is 1.68. The SMILES string of the molecule is CCC(C(=O)O)N(C)CCN1C(=O)c2ccccc2C1=O. The van der Waals surface area contributed by atoms with Crippen LogP contribution < -0.4 is 0 Å². The summed E-state index contributed by atoms with van der Waals surface area (Å²) in [5.41, 5.74) is 0.825. The van der Waals surface area contributed by atoms with Crippen LogP contribution in [0.1, 0.15) is 34.1 Å². The summed E-state index contributed by atoms with van der Waals surface area (Å²) >= 11 is 0. The number of carboxylic acids is 1. The van der Waals surface area contributed by atoms with Gasteiger partial charge in [0.05, 0.1) is 11.1 Å². The molecule has 0 aliphatic carbocycles. The number of carboxylic acid groups (broad SMARTS) is 1. The molecule has 2 amide bonds. The molecule has 112 valence electrons. The highest BCUT2D eigenvalue weighted by Crippen LogP contribution is 2.22. The van der Waals surface area contributed by atoms with E-state index in [0.29, 0.717) is 24.1 Å². The monoisotopic (exact) mass is 290 g/mol. The number of likely N-dealkylation sites (N-methyl/N-ethyl adjacent to an activating group) is 1. The molecule has 0 saturated heterocycles. The summed E-state index contributed by atoms with van der Waals surface area (Å²) in [6.07, 6.45) is 0.466. The Bertz CT molecular complexity index is 550. The van der Waals surface area contributed by atoms with Crippen molar-refractivity contribution in [2.45, 2.75) is 19.4 Å². The number of hydrogen-bond acceptors (Lipinski definition) is 4. The van der Waals surface area contributed by atoms with Crippen LogP contribution in [-0.2, 0) is 4.79 Å². The van der Waals surface area contributed by atoms with Crippen LogP contribution in [0, 0.1) is 0 Å². The fraction of sp³-hybridized carbons (Fsp3) is 0.400. The van der Waals surface area contributed by atoms with E-state index in [2.05, 4.69) is 0 Å². The van der Waals surface area contributed by atoms with Gasteiger partial charge in [0.1, 0.15) is 6.04 Å². The molecule has 1 unspecified atom stereocenters. The molecule has 0 bridgehead atoms. The normalized spacial score (nSPS) is 15.5. The largest absolute Gasteiger partial charge is 0.480 e. The molecule has 1 heterocycles. The van der Waals surface area contributed by atoms with Crippen molar-refractivity contribution in [3.63, 3.8) is 0 Å². The molecule has 0 aromatic heterocycles. The van der Waals surface area contributed by atoms with Crippen molar-refractivity contribution in [3.8, 4) is 0 Å². The van der Waals surface area contributed by atoms with Gasteiger partial charge in [-0.3, -0.25) is 24.2 Å². The minimum Gasteiger partial charge on any atom is -0.480 e. The van der Waals surface area contributed by atoms with Crippen molar-refractivity contribution >= 4 is 17.8 Å². The maximum Gasteiger partial charge on any atom is 0.320 e. The first-order valence-electron chi connectivity index (χ1n) is 6.85. The van der Waals surface area contributed by atoms with Gasteiger partial charge in [0.15, 0.2) is 0 Å². The molecule has 0 saturated carbocycles. The first-order chi connectivity index (χ1) is 9.97. The lowest BCUT2D eigenvalue weighted by Gasteiger charge is -2.25. The predicted molar refractivity (Wildman–Crippen MR) is 76.2 cm³/mol. The maximum atomic E-state index is 12.2. The van der Waals surface area contributed by atoms with Gasteiger partial charge in [0.2, 0.25) is 0 Å². The van der Waals surface area contributed by atoms with Gasteiger partial charge in [-0.15, -0.1) is 0 Å². The molecule has 1 N–H and O–H groups in total. The number of aliphatic carboxylic acids is 1. The Hall–Kier alpha value is -2.21. The summed E-state index contributed by atoms with van der Waals surface area (Å²) < 4.78 is 0. The summed E-state index contributed by atoms with van der Waals surface area (Å²) in [4.78, 5) is 38.2. The van der Waals surface area contributed by atoms with Crippen LogP contribution >= 0.6 is 0 Å². The molecule has 6 heteroatoms. The highest BCUT2D eigenvalue weighted by molar-refractivity contribution is 6.21. The lowest BCUT2D eigenvalue weighted by atomic mass is 10.1. The number of imide groups is 1. The minimum absolute atomic E-state index is 0.187. The second-order valence-corrected chi connectivity index (χ2v) is 5.05. The third kappa shape index (κ3) is 2.80. The smallest absolute Gasteiger partial charge is 0.320 e.